The van der Waals surface area contributed by atoms with E-state index < -0.39 is 27.8 Å². The Morgan fingerprint density at radius 2 is 2.00 bits per heavy atom. The van der Waals surface area contributed by atoms with Crippen molar-refractivity contribution >= 4 is 5.69 Å². The van der Waals surface area contributed by atoms with Gasteiger partial charge in [-0.1, -0.05) is 0 Å². The van der Waals surface area contributed by atoms with Gasteiger partial charge in [-0.2, -0.15) is 0 Å². The summed E-state index contributed by atoms with van der Waals surface area (Å²) in [5, 5.41) is 13.6. The van der Waals surface area contributed by atoms with Crippen LogP contribution in [0.2, 0.25) is 0 Å². The first-order chi connectivity index (χ1) is 7.91. The third-order valence-electron chi connectivity index (χ3n) is 2.55. The molecule has 17 heavy (non-hydrogen) atoms. The molecular weight excluding hydrogens is 234 g/mol. The number of hydrogen-bond acceptors (Lipinski definition) is 4. The maximum Gasteiger partial charge on any atom is 0.314 e. The van der Waals surface area contributed by atoms with Crippen LogP contribution in [-0.2, 0) is 0 Å². The molecule has 92 valence electrons. The van der Waals surface area contributed by atoms with Crippen molar-refractivity contribution < 1.29 is 18.4 Å². The topological polar surface area (TPSA) is 64.4 Å². The van der Waals surface area contributed by atoms with E-state index in [1.54, 1.807) is 6.92 Å². The molecule has 0 bridgehead atoms. The predicted molar refractivity (Wildman–Crippen MR) is 54.9 cm³/mol. The Hall–Kier alpha value is -1.76. The number of hydrogen-bond donors (Lipinski definition) is 1. The van der Waals surface area contributed by atoms with Crippen molar-refractivity contribution in [3.63, 3.8) is 0 Å². The Balaban J connectivity index is 2.37. The summed E-state index contributed by atoms with van der Waals surface area (Å²) < 4.78 is 31.3. The molecule has 1 fully saturated rings. The molecule has 1 aromatic rings. The minimum absolute atomic E-state index is 0.252. The highest BCUT2D eigenvalue weighted by molar-refractivity contribution is 5.47. The lowest BCUT2D eigenvalue weighted by molar-refractivity contribution is -0.386. The normalized spacial score (nSPS) is 17.4. The molecule has 5 nitrogen and oxygen atoms in total. The summed E-state index contributed by atoms with van der Waals surface area (Å²) in [4.78, 5) is 9.90. The minimum Gasteiger partial charge on any atom is -0.478 e. The summed E-state index contributed by atoms with van der Waals surface area (Å²) in [6, 6.07) is 1.23. The van der Waals surface area contributed by atoms with Gasteiger partial charge in [0.1, 0.15) is 5.60 Å². The third-order valence-corrected chi connectivity index (χ3v) is 2.55. The SMILES string of the molecule is CC1(Oc2cc(F)c(F)cc2[N+](=O)[O-])CNC1. The Labute approximate surface area is 95.5 Å². The van der Waals surface area contributed by atoms with Gasteiger partial charge in [-0.15, -0.1) is 0 Å². The van der Waals surface area contributed by atoms with Crippen LogP contribution in [0.1, 0.15) is 6.92 Å². The number of benzene rings is 1. The second-order valence-corrected chi connectivity index (χ2v) is 4.15. The molecule has 1 aliphatic rings. The lowest BCUT2D eigenvalue weighted by Crippen LogP contribution is -2.61. The highest BCUT2D eigenvalue weighted by Gasteiger charge is 2.36. The van der Waals surface area contributed by atoms with Crippen molar-refractivity contribution in [3.8, 4) is 5.75 Å². The van der Waals surface area contributed by atoms with Crippen molar-refractivity contribution in [2.45, 2.75) is 12.5 Å². The zero-order chi connectivity index (χ0) is 12.6. The molecule has 1 N–H and O–H groups in total. The van der Waals surface area contributed by atoms with Crippen molar-refractivity contribution in [1.29, 1.82) is 0 Å². The van der Waals surface area contributed by atoms with E-state index in [1.807, 2.05) is 0 Å². The maximum atomic E-state index is 13.0. The van der Waals surface area contributed by atoms with E-state index in [9.17, 15) is 18.9 Å². The van der Waals surface area contributed by atoms with Gasteiger partial charge < -0.3 is 10.1 Å². The number of nitro groups is 1. The molecule has 0 unspecified atom stereocenters. The van der Waals surface area contributed by atoms with Gasteiger partial charge in [0.25, 0.3) is 0 Å². The molecule has 1 aliphatic heterocycles. The van der Waals surface area contributed by atoms with Crippen molar-refractivity contribution in [1.82, 2.24) is 5.32 Å². The second kappa shape index (κ2) is 3.92. The fourth-order valence-corrected chi connectivity index (χ4v) is 1.56. The highest BCUT2D eigenvalue weighted by atomic mass is 19.2. The molecule has 0 amide bonds. The first kappa shape index (κ1) is 11.7. The lowest BCUT2D eigenvalue weighted by Gasteiger charge is -2.39. The quantitative estimate of drug-likeness (QED) is 0.648. The van der Waals surface area contributed by atoms with Crippen molar-refractivity contribution in [2.24, 2.45) is 0 Å². The van der Waals surface area contributed by atoms with Gasteiger partial charge in [0.2, 0.25) is 5.75 Å². The van der Waals surface area contributed by atoms with E-state index >= 15 is 0 Å². The number of rotatable bonds is 3. The van der Waals surface area contributed by atoms with Crippen LogP contribution in [0.15, 0.2) is 12.1 Å². The van der Waals surface area contributed by atoms with E-state index in [0.717, 1.165) is 0 Å². The molecule has 0 spiro atoms. The number of ether oxygens (including phenoxy) is 1. The summed E-state index contributed by atoms with van der Waals surface area (Å²) >= 11 is 0. The Kier molecular flexibility index (Phi) is 2.70. The molecule has 0 atom stereocenters. The van der Waals surface area contributed by atoms with Gasteiger partial charge in [0, 0.05) is 19.2 Å². The maximum absolute atomic E-state index is 13.0. The monoisotopic (exact) mass is 244 g/mol. The van der Waals surface area contributed by atoms with E-state index in [2.05, 4.69) is 5.32 Å². The van der Waals surface area contributed by atoms with E-state index in [-0.39, 0.29) is 5.75 Å². The number of nitrogens with one attached hydrogen (secondary N) is 1. The number of halogens is 2. The van der Waals surface area contributed by atoms with Gasteiger partial charge in [0.15, 0.2) is 11.6 Å². The first-order valence-electron chi connectivity index (χ1n) is 4.94. The largest absolute Gasteiger partial charge is 0.478 e. The molecule has 0 radical (unpaired) electrons. The smallest absolute Gasteiger partial charge is 0.314 e. The van der Waals surface area contributed by atoms with Crippen molar-refractivity contribution in [2.75, 3.05) is 13.1 Å². The lowest BCUT2D eigenvalue weighted by atomic mass is 10.00. The minimum atomic E-state index is -1.26. The third kappa shape index (κ3) is 2.19. The molecule has 2 rings (SSSR count). The summed E-state index contributed by atoms with van der Waals surface area (Å²) in [7, 11) is 0. The van der Waals surface area contributed by atoms with Crippen LogP contribution in [0.4, 0.5) is 14.5 Å². The molecule has 1 heterocycles. The molecule has 1 aromatic carbocycles. The van der Waals surface area contributed by atoms with Crippen LogP contribution in [-0.4, -0.2) is 23.6 Å². The van der Waals surface area contributed by atoms with Crippen LogP contribution >= 0.6 is 0 Å². The average molecular weight is 244 g/mol. The summed E-state index contributed by atoms with van der Waals surface area (Å²) in [5.74, 6) is -2.68. The van der Waals surface area contributed by atoms with Gasteiger partial charge in [-0.25, -0.2) is 8.78 Å². The van der Waals surface area contributed by atoms with Crippen molar-refractivity contribution in [3.05, 3.63) is 33.9 Å². The summed E-state index contributed by atoms with van der Waals surface area (Å²) in [5.41, 5.74) is -1.19. The highest BCUT2D eigenvalue weighted by Crippen LogP contribution is 2.33. The molecule has 7 heteroatoms. The molecule has 1 saturated heterocycles. The Morgan fingerprint density at radius 1 is 1.41 bits per heavy atom. The number of nitrogens with zero attached hydrogens (tertiary/aromatic N) is 1. The second-order valence-electron chi connectivity index (χ2n) is 4.15. The summed E-state index contributed by atoms with van der Waals surface area (Å²) in [6.07, 6.45) is 0. The Morgan fingerprint density at radius 3 is 2.47 bits per heavy atom. The van der Waals surface area contributed by atoms with E-state index in [0.29, 0.717) is 25.2 Å². The van der Waals surface area contributed by atoms with Crippen LogP contribution in [0.3, 0.4) is 0 Å². The van der Waals surface area contributed by atoms with E-state index in [4.69, 9.17) is 4.74 Å². The molecular formula is C10H10F2N2O3. The van der Waals surface area contributed by atoms with Gasteiger partial charge in [0.05, 0.1) is 11.0 Å². The number of nitro benzene ring substituents is 1. The van der Waals surface area contributed by atoms with Gasteiger partial charge in [-0.3, -0.25) is 10.1 Å². The molecule has 0 aromatic heterocycles. The molecule has 0 aliphatic carbocycles. The predicted octanol–water partition coefficient (Wildman–Crippen LogP) is 1.61. The summed E-state index contributed by atoms with van der Waals surface area (Å²) in [6.45, 7) is 2.74. The fraction of sp³-hybridized carbons (Fsp3) is 0.400. The Bertz CT molecular complexity index is 475. The first-order valence-corrected chi connectivity index (χ1v) is 4.94. The van der Waals surface area contributed by atoms with Gasteiger partial charge >= 0.3 is 5.69 Å². The van der Waals surface area contributed by atoms with Crippen LogP contribution < -0.4 is 10.1 Å². The van der Waals surface area contributed by atoms with Gasteiger partial charge in [-0.05, 0) is 6.92 Å². The van der Waals surface area contributed by atoms with Crippen LogP contribution in [0.25, 0.3) is 0 Å². The van der Waals surface area contributed by atoms with Crippen LogP contribution in [0.5, 0.6) is 5.75 Å². The average Bonchev–Trinajstić information content (AvgIpc) is 2.20. The zero-order valence-electron chi connectivity index (χ0n) is 9.00. The standard InChI is InChI=1S/C10H10F2N2O3/c1-10(4-13-5-10)17-9-3-7(12)6(11)2-8(9)14(15)16/h2-3,13H,4-5H2,1H3. The zero-order valence-corrected chi connectivity index (χ0v) is 9.00. The fourth-order valence-electron chi connectivity index (χ4n) is 1.56. The molecule has 0 saturated carbocycles. The van der Waals surface area contributed by atoms with E-state index in [1.165, 1.54) is 0 Å². The van der Waals surface area contributed by atoms with Crippen LogP contribution in [0, 0.1) is 21.7 Å².